The average Bonchev–Trinajstić information content (AvgIpc) is 2.36. The quantitative estimate of drug-likeness (QED) is 0.276. The molecular formula is C12H17N5O4. The van der Waals surface area contributed by atoms with Crippen LogP contribution in [-0.2, 0) is 5.41 Å². The predicted octanol–water partition coefficient (Wildman–Crippen LogP) is 0.959. The van der Waals surface area contributed by atoms with Gasteiger partial charge in [-0.1, -0.05) is 31.4 Å². The van der Waals surface area contributed by atoms with Crippen LogP contribution in [0.2, 0.25) is 0 Å². The van der Waals surface area contributed by atoms with E-state index in [9.17, 15) is 14.9 Å². The Hall–Kier alpha value is -2.84. The van der Waals surface area contributed by atoms with Gasteiger partial charge in [-0.25, -0.2) is 19.9 Å². The molecule has 0 radical (unpaired) electrons. The Morgan fingerprint density at radius 2 is 2.00 bits per heavy atom. The Morgan fingerprint density at radius 3 is 2.48 bits per heavy atom. The number of benzene rings is 1. The SMILES string of the molecule is CC(C)(CNC(=O)O)c1ccc(N=C(N)N[N+](=O)[O-])cc1. The predicted molar refractivity (Wildman–Crippen MR) is 76.9 cm³/mol. The monoisotopic (exact) mass is 295 g/mol. The van der Waals surface area contributed by atoms with Gasteiger partial charge < -0.3 is 16.2 Å². The zero-order chi connectivity index (χ0) is 16.0. The molecule has 9 heteroatoms. The summed E-state index contributed by atoms with van der Waals surface area (Å²) in [6, 6.07) is 6.82. The molecule has 0 unspecified atom stereocenters. The molecule has 0 aromatic heterocycles. The first-order valence-electron chi connectivity index (χ1n) is 6.03. The normalized spacial score (nSPS) is 11.8. The third-order valence-electron chi connectivity index (χ3n) is 2.79. The van der Waals surface area contributed by atoms with Crippen molar-refractivity contribution in [1.29, 1.82) is 0 Å². The Bertz CT molecular complexity index is 553. The van der Waals surface area contributed by atoms with Crippen molar-refractivity contribution in [2.45, 2.75) is 19.3 Å². The van der Waals surface area contributed by atoms with E-state index < -0.39 is 16.5 Å². The summed E-state index contributed by atoms with van der Waals surface area (Å²) in [5, 5.41) is 20.4. The first kappa shape index (κ1) is 16.2. The van der Waals surface area contributed by atoms with Crippen LogP contribution in [0.1, 0.15) is 19.4 Å². The number of nitrogens with zero attached hydrogens (tertiary/aromatic N) is 2. The molecule has 0 aliphatic rings. The van der Waals surface area contributed by atoms with Gasteiger partial charge in [0.1, 0.15) is 0 Å². The largest absolute Gasteiger partial charge is 0.465 e. The van der Waals surface area contributed by atoms with Crippen LogP contribution in [0.5, 0.6) is 0 Å². The number of hydrogen-bond acceptors (Lipinski definition) is 4. The highest BCUT2D eigenvalue weighted by atomic mass is 16.7. The average molecular weight is 295 g/mol. The summed E-state index contributed by atoms with van der Waals surface area (Å²) >= 11 is 0. The van der Waals surface area contributed by atoms with Crippen LogP contribution in [0, 0.1) is 10.1 Å². The number of rotatable bonds is 5. The highest BCUT2D eigenvalue weighted by Crippen LogP contribution is 2.24. The topological polar surface area (TPSA) is 143 Å². The first-order valence-corrected chi connectivity index (χ1v) is 6.03. The molecule has 5 N–H and O–H groups in total. The number of carboxylic acid groups (broad SMARTS) is 1. The summed E-state index contributed by atoms with van der Waals surface area (Å²) in [5.41, 5.74) is 8.03. The lowest BCUT2D eigenvalue weighted by Crippen LogP contribution is -2.36. The molecule has 9 nitrogen and oxygen atoms in total. The van der Waals surface area contributed by atoms with Gasteiger partial charge in [-0.15, -0.1) is 0 Å². The van der Waals surface area contributed by atoms with Gasteiger partial charge in [0.05, 0.1) is 5.69 Å². The zero-order valence-corrected chi connectivity index (χ0v) is 11.7. The molecule has 1 rings (SSSR count). The maximum atomic E-state index is 10.5. The fraction of sp³-hybridized carbons (Fsp3) is 0.333. The molecule has 0 aliphatic carbocycles. The van der Waals surface area contributed by atoms with Gasteiger partial charge >= 0.3 is 6.09 Å². The lowest BCUT2D eigenvalue weighted by molar-refractivity contribution is -0.525. The summed E-state index contributed by atoms with van der Waals surface area (Å²) in [5.74, 6) is -0.320. The van der Waals surface area contributed by atoms with Crippen LogP contribution in [0.25, 0.3) is 0 Å². The maximum Gasteiger partial charge on any atom is 0.404 e. The molecule has 0 bridgehead atoms. The number of nitrogens with two attached hydrogens (primary N) is 1. The van der Waals surface area contributed by atoms with E-state index in [1.807, 2.05) is 13.8 Å². The number of hydrazine groups is 1. The second-order valence-electron chi connectivity index (χ2n) is 4.96. The lowest BCUT2D eigenvalue weighted by atomic mass is 9.84. The highest BCUT2D eigenvalue weighted by molar-refractivity contribution is 5.79. The van der Waals surface area contributed by atoms with Gasteiger partial charge in [-0.05, 0) is 17.7 Å². The van der Waals surface area contributed by atoms with Crippen molar-refractivity contribution in [3.8, 4) is 0 Å². The Labute approximate surface area is 121 Å². The minimum Gasteiger partial charge on any atom is -0.465 e. The third-order valence-corrected chi connectivity index (χ3v) is 2.79. The number of aliphatic imine (C=N–C) groups is 1. The fourth-order valence-electron chi connectivity index (χ4n) is 1.64. The van der Waals surface area contributed by atoms with Crippen molar-refractivity contribution >= 4 is 17.7 Å². The minimum absolute atomic E-state index is 0.260. The molecule has 21 heavy (non-hydrogen) atoms. The molecule has 1 aromatic rings. The number of hydrogen-bond donors (Lipinski definition) is 4. The van der Waals surface area contributed by atoms with E-state index in [1.54, 1.807) is 29.7 Å². The third kappa shape index (κ3) is 5.35. The molecule has 0 saturated heterocycles. The molecule has 114 valence electrons. The smallest absolute Gasteiger partial charge is 0.404 e. The Kier molecular flexibility index (Phi) is 5.06. The second kappa shape index (κ2) is 6.55. The molecule has 0 spiro atoms. The molecule has 1 aromatic carbocycles. The Morgan fingerprint density at radius 1 is 1.43 bits per heavy atom. The van der Waals surface area contributed by atoms with Crippen LogP contribution < -0.4 is 16.5 Å². The zero-order valence-electron chi connectivity index (χ0n) is 11.7. The van der Waals surface area contributed by atoms with Crippen molar-refractivity contribution in [3.63, 3.8) is 0 Å². The van der Waals surface area contributed by atoms with Crippen molar-refractivity contribution in [2.75, 3.05) is 6.54 Å². The van der Waals surface area contributed by atoms with E-state index in [4.69, 9.17) is 10.8 Å². The van der Waals surface area contributed by atoms with E-state index >= 15 is 0 Å². The first-order chi connectivity index (χ1) is 9.70. The van der Waals surface area contributed by atoms with Crippen LogP contribution in [0.15, 0.2) is 29.3 Å². The Balaban J connectivity index is 2.82. The van der Waals surface area contributed by atoms with E-state index in [0.717, 1.165) is 5.56 Å². The van der Waals surface area contributed by atoms with E-state index in [1.165, 1.54) is 0 Å². The second-order valence-corrected chi connectivity index (χ2v) is 4.96. The van der Waals surface area contributed by atoms with Crippen molar-refractivity contribution in [2.24, 2.45) is 10.7 Å². The van der Waals surface area contributed by atoms with Crippen LogP contribution >= 0.6 is 0 Å². The number of amides is 1. The molecular weight excluding hydrogens is 278 g/mol. The molecule has 0 heterocycles. The number of guanidine groups is 1. The van der Waals surface area contributed by atoms with Gasteiger partial charge in [0, 0.05) is 12.0 Å². The van der Waals surface area contributed by atoms with Crippen LogP contribution in [0.3, 0.4) is 0 Å². The van der Waals surface area contributed by atoms with Gasteiger partial charge in [-0.2, -0.15) is 0 Å². The summed E-state index contributed by atoms with van der Waals surface area (Å²) < 4.78 is 0. The van der Waals surface area contributed by atoms with Gasteiger partial charge in [0.15, 0.2) is 5.03 Å². The summed E-state index contributed by atoms with van der Waals surface area (Å²) in [6.07, 6.45) is -1.08. The molecule has 0 fully saturated rings. The van der Waals surface area contributed by atoms with Crippen molar-refractivity contribution in [3.05, 3.63) is 39.9 Å². The minimum atomic E-state index is -1.08. The van der Waals surface area contributed by atoms with Gasteiger partial charge in [0.2, 0.25) is 0 Å². The van der Waals surface area contributed by atoms with Gasteiger partial charge in [-0.3, -0.25) is 0 Å². The highest BCUT2D eigenvalue weighted by Gasteiger charge is 2.21. The van der Waals surface area contributed by atoms with Crippen molar-refractivity contribution in [1.82, 2.24) is 10.7 Å². The van der Waals surface area contributed by atoms with E-state index in [-0.39, 0.29) is 12.5 Å². The maximum absolute atomic E-state index is 10.5. The fourth-order valence-corrected chi connectivity index (χ4v) is 1.64. The standard InChI is InChI=1S/C12H17N5O4/c1-12(2,7-14-11(18)19)8-3-5-9(6-4-8)15-10(13)16-17(20)21/h3-6,14H,7H2,1-2H3,(H,18,19)(H3,13,15,16). The number of carbonyl (C=O) groups is 1. The van der Waals surface area contributed by atoms with Crippen LogP contribution in [0.4, 0.5) is 10.5 Å². The molecule has 0 saturated carbocycles. The van der Waals surface area contributed by atoms with E-state index in [2.05, 4.69) is 10.3 Å². The number of nitro groups is 1. The number of nitrogens with one attached hydrogen (secondary N) is 2. The molecule has 0 atom stereocenters. The summed E-state index contributed by atoms with van der Waals surface area (Å²) in [6.45, 7) is 4.05. The molecule has 0 aliphatic heterocycles. The van der Waals surface area contributed by atoms with Gasteiger partial charge in [0.25, 0.3) is 5.96 Å². The molecule has 1 amide bonds. The van der Waals surface area contributed by atoms with E-state index in [0.29, 0.717) is 5.69 Å². The summed E-state index contributed by atoms with van der Waals surface area (Å²) in [7, 11) is 0. The summed E-state index contributed by atoms with van der Waals surface area (Å²) in [4.78, 5) is 24.6. The lowest BCUT2D eigenvalue weighted by Gasteiger charge is -2.25. The van der Waals surface area contributed by atoms with Crippen LogP contribution in [-0.4, -0.2) is 28.7 Å². The van der Waals surface area contributed by atoms with Crippen molar-refractivity contribution < 1.29 is 14.9 Å².